The minimum Gasteiger partial charge on any atom is -0.398 e. The number of hydrogen-bond acceptors (Lipinski definition) is 4. The van der Waals surface area contributed by atoms with E-state index in [1.807, 2.05) is 0 Å². The molecule has 1 aromatic rings. The number of rotatable bonds is 2. The summed E-state index contributed by atoms with van der Waals surface area (Å²) in [6.45, 7) is 0.117. The molecule has 5 heteroatoms. The summed E-state index contributed by atoms with van der Waals surface area (Å²) in [6.07, 6.45) is 0. The number of nitrogens with two attached hydrogens (primary N) is 3. The number of nitrogen functional groups attached to an aromatic ring is 1. The number of halogens is 1. The molecule has 0 fully saturated rings. The van der Waals surface area contributed by atoms with Crippen LogP contribution in [0.1, 0.15) is 17.2 Å². The summed E-state index contributed by atoms with van der Waals surface area (Å²) < 4.78 is 13.5. The topological polar surface area (TPSA) is 102 Å². The molecule has 0 bridgehead atoms. The first-order valence-corrected chi connectivity index (χ1v) is 4.05. The molecule has 0 aromatic heterocycles. The fourth-order valence-electron chi connectivity index (χ4n) is 1.13. The van der Waals surface area contributed by atoms with Crippen LogP contribution >= 0.6 is 0 Å². The van der Waals surface area contributed by atoms with Gasteiger partial charge in [-0.3, -0.25) is 0 Å². The second-order valence-electron chi connectivity index (χ2n) is 2.89. The van der Waals surface area contributed by atoms with Crippen molar-refractivity contribution >= 4 is 5.69 Å². The molecule has 0 saturated carbocycles. The first-order valence-electron chi connectivity index (χ1n) is 4.05. The molecule has 1 atom stereocenters. The molecule has 0 amide bonds. The summed E-state index contributed by atoms with van der Waals surface area (Å²) in [5.74, 6) is -0.676. The molecule has 1 rings (SSSR count). The number of nitriles is 1. The van der Waals surface area contributed by atoms with Crippen LogP contribution in [0, 0.1) is 17.1 Å². The lowest BCUT2D eigenvalue weighted by Gasteiger charge is -2.11. The summed E-state index contributed by atoms with van der Waals surface area (Å²) in [5.41, 5.74) is 16.4. The first-order chi connectivity index (χ1) is 6.61. The average Bonchev–Trinajstić information content (AvgIpc) is 2.18. The highest BCUT2D eigenvalue weighted by atomic mass is 19.1. The van der Waals surface area contributed by atoms with Gasteiger partial charge in [-0.25, -0.2) is 4.39 Å². The number of benzene rings is 1. The molecule has 0 radical (unpaired) electrons. The number of hydrogen-bond donors (Lipinski definition) is 3. The van der Waals surface area contributed by atoms with Gasteiger partial charge in [-0.1, -0.05) is 6.07 Å². The molecule has 4 nitrogen and oxygen atoms in total. The molecule has 14 heavy (non-hydrogen) atoms. The predicted molar refractivity (Wildman–Crippen MR) is 51.5 cm³/mol. The van der Waals surface area contributed by atoms with Crippen molar-refractivity contribution in [3.05, 3.63) is 29.1 Å². The number of anilines is 1. The highest BCUT2D eigenvalue weighted by Gasteiger charge is 2.15. The molecule has 74 valence electrons. The minimum absolute atomic E-state index is 0.109. The Morgan fingerprint density at radius 1 is 1.50 bits per heavy atom. The third-order valence-corrected chi connectivity index (χ3v) is 1.97. The maximum absolute atomic E-state index is 13.5. The lowest BCUT2D eigenvalue weighted by atomic mass is 10.0. The quantitative estimate of drug-likeness (QED) is 0.587. The van der Waals surface area contributed by atoms with Crippen LogP contribution in [0.3, 0.4) is 0 Å². The molecule has 0 aliphatic carbocycles. The molecule has 0 aliphatic heterocycles. The normalized spacial score (nSPS) is 12.1. The van der Waals surface area contributed by atoms with Crippen LogP contribution in [0.5, 0.6) is 0 Å². The van der Waals surface area contributed by atoms with E-state index in [0.717, 1.165) is 0 Å². The fraction of sp³-hybridized carbons (Fsp3) is 0.222. The van der Waals surface area contributed by atoms with Gasteiger partial charge in [-0.2, -0.15) is 5.26 Å². The summed E-state index contributed by atoms with van der Waals surface area (Å²) in [6, 6.07) is 3.98. The monoisotopic (exact) mass is 194 g/mol. The molecular weight excluding hydrogens is 183 g/mol. The molecule has 0 heterocycles. The van der Waals surface area contributed by atoms with Gasteiger partial charge < -0.3 is 17.2 Å². The van der Waals surface area contributed by atoms with Gasteiger partial charge in [-0.15, -0.1) is 0 Å². The van der Waals surface area contributed by atoms with Gasteiger partial charge in [-0.05, 0) is 6.07 Å². The van der Waals surface area contributed by atoms with Gasteiger partial charge in [0.15, 0.2) is 0 Å². The Hall–Kier alpha value is -1.64. The Morgan fingerprint density at radius 3 is 2.64 bits per heavy atom. The van der Waals surface area contributed by atoms with Crippen molar-refractivity contribution in [3.63, 3.8) is 0 Å². The molecule has 0 aliphatic rings. The maximum atomic E-state index is 13.5. The van der Waals surface area contributed by atoms with Crippen molar-refractivity contribution in [1.29, 1.82) is 5.26 Å². The summed E-state index contributed by atoms with van der Waals surface area (Å²) in [4.78, 5) is 0. The van der Waals surface area contributed by atoms with Gasteiger partial charge in [0.25, 0.3) is 0 Å². The second-order valence-corrected chi connectivity index (χ2v) is 2.89. The smallest absolute Gasteiger partial charge is 0.147 e. The zero-order chi connectivity index (χ0) is 10.7. The third-order valence-electron chi connectivity index (χ3n) is 1.97. The lowest BCUT2D eigenvalue weighted by molar-refractivity contribution is 0.581. The Morgan fingerprint density at radius 2 is 2.14 bits per heavy atom. The first kappa shape index (κ1) is 10.4. The van der Waals surface area contributed by atoms with Gasteiger partial charge in [0.1, 0.15) is 17.4 Å². The molecule has 0 unspecified atom stereocenters. The second kappa shape index (κ2) is 4.05. The van der Waals surface area contributed by atoms with Crippen molar-refractivity contribution in [2.24, 2.45) is 11.5 Å². The van der Waals surface area contributed by atoms with Crippen LogP contribution < -0.4 is 17.2 Å². The SMILES string of the molecule is N#Cc1c(N)ccc([C@@H](N)CN)c1F. The fourth-order valence-corrected chi connectivity index (χ4v) is 1.13. The molecular formula is C9H11FN4. The van der Waals surface area contributed by atoms with Crippen LogP contribution in [0.15, 0.2) is 12.1 Å². The van der Waals surface area contributed by atoms with Gasteiger partial charge in [0, 0.05) is 18.2 Å². The van der Waals surface area contributed by atoms with E-state index < -0.39 is 11.9 Å². The van der Waals surface area contributed by atoms with Gasteiger partial charge in [0.2, 0.25) is 0 Å². The van der Waals surface area contributed by atoms with Crippen LogP contribution in [0.25, 0.3) is 0 Å². The van der Waals surface area contributed by atoms with Crippen molar-refractivity contribution in [1.82, 2.24) is 0 Å². The van der Waals surface area contributed by atoms with E-state index in [0.29, 0.717) is 0 Å². The summed E-state index contributed by atoms with van der Waals surface area (Å²) >= 11 is 0. The van der Waals surface area contributed by atoms with Gasteiger partial charge in [0.05, 0.1) is 5.69 Å². The number of nitrogens with zero attached hydrogens (tertiary/aromatic N) is 1. The Bertz CT molecular complexity index is 383. The van der Waals surface area contributed by atoms with Crippen molar-refractivity contribution in [2.45, 2.75) is 6.04 Å². The highest BCUT2D eigenvalue weighted by molar-refractivity contribution is 5.56. The summed E-state index contributed by atoms with van der Waals surface area (Å²) in [5, 5.41) is 8.64. The molecule has 0 saturated heterocycles. The third kappa shape index (κ3) is 1.66. The van der Waals surface area contributed by atoms with E-state index in [1.165, 1.54) is 12.1 Å². The average molecular weight is 194 g/mol. The minimum atomic E-state index is -0.676. The van der Waals surface area contributed by atoms with E-state index in [1.54, 1.807) is 6.07 Å². The summed E-state index contributed by atoms with van der Waals surface area (Å²) in [7, 11) is 0. The van der Waals surface area contributed by atoms with Crippen molar-refractivity contribution < 1.29 is 4.39 Å². The van der Waals surface area contributed by atoms with Crippen LogP contribution in [-0.4, -0.2) is 6.54 Å². The largest absolute Gasteiger partial charge is 0.398 e. The van der Waals surface area contributed by atoms with Crippen molar-refractivity contribution in [2.75, 3.05) is 12.3 Å². The zero-order valence-corrected chi connectivity index (χ0v) is 7.50. The zero-order valence-electron chi connectivity index (χ0n) is 7.50. The molecule has 1 aromatic carbocycles. The van der Waals surface area contributed by atoms with Crippen LogP contribution in [0.4, 0.5) is 10.1 Å². The van der Waals surface area contributed by atoms with Gasteiger partial charge >= 0.3 is 0 Å². The Balaban J connectivity index is 3.30. The van der Waals surface area contributed by atoms with Crippen LogP contribution in [0.2, 0.25) is 0 Å². The van der Waals surface area contributed by atoms with E-state index >= 15 is 0 Å². The Labute approximate surface area is 81.1 Å². The maximum Gasteiger partial charge on any atom is 0.147 e. The van der Waals surface area contributed by atoms with E-state index in [4.69, 9.17) is 22.5 Å². The molecule has 6 N–H and O–H groups in total. The highest BCUT2D eigenvalue weighted by Crippen LogP contribution is 2.22. The van der Waals surface area contributed by atoms with E-state index in [2.05, 4.69) is 0 Å². The van der Waals surface area contributed by atoms with Crippen molar-refractivity contribution in [3.8, 4) is 6.07 Å². The van der Waals surface area contributed by atoms with E-state index in [9.17, 15) is 4.39 Å². The lowest BCUT2D eigenvalue weighted by Crippen LogP contribution is -2.22. The van der Waals surface area contributed by atoms with E-state index in [-0.39, 0.29) is 23.4 Å². The standard InChI is InChI=1S/C9H11FN4/c10-9-5(8(14)4-12)1-2-7(13)6(9)3-11/h1-2,8H,4,12-14H2/t8-/m0/s1. The Kier molecular flexibility index (Phi) is 3.02. The predicted octanol–water partition coefficient (Wildman–Crippen LogP) is 0.238. The molecule has 0 spiro atoms. The van der Waals surface area contributed by atoms with Crippen LogP contribution in [-0.2, 0) is 0 Å².